The molecule has 2 rings (SSSR count). The molecule has 1 aliphatic heterocycles. The zero-order valence-electron chi connectivity index (χ0n) is 10.4. The van der Waals surface area contributed by atoms with E-state index in [0.717, 1.165) is 0 Å². The number of sulfonamides is 1. The van der Waals surface area contributed by atoms with Crippen LogP contribution in [0.5, 0.6) is 5.75 Å². The summed E-state index contributed by atoms with van der Waals surface area (Å²) < 4.78 is 30.8. The van der Waals surface area contributed by atoms with Crippen molar-refractivity contribution in [3.8, 4) is 5.75 Å². The van der Waals surface area contributed by atoms with E-state index in [2.05, 4.69) is 0 Å². The molecule has 104 valence electrons. The smallest absolute Gasteiger partial charge is 0.303 e. The van der Waals surface area contributed by atoms with E-state index in [1.807, 2.05) is 0 Å². The molecule has 0 bridgehead atoms. The van der Waals surface area contributed by atoms with E-state index in [1.165, 1.54) is 23.5 Å². The standard InChI is InChI=1S/C12H15NO5S/c1-18-10-3-2-4-11(6-10)19(16,17)13-7-9(8-13)5-12(14)15/h2-4,6,9H,5,7-8H2,1H3,(H,14,15). The number of rotatable bonds is 5. The molecule has 0 saturated carbocycles. The Morgan fingerprint density at radius 3 is 2.74 bits per heavy atom. The topological polar surface area (TPSA) is 83.9 Å². The molecule has 0 radical (unpaired) electrons. The summed E-state index contributed by atoms with van der Waals surface area (Å²) in [6.45, 7) is 0.512. The Bertz CT molecular complexity index is 578. The Hall–Kier alpha value is -1.60. The number of hydrogen-bond donors (Lipinski definition) is 1. The monoisotopic (exact) mass is 285 g/mol. The highest BCUT2D eigenvalue weighted by Crippen LogP contribution is 2.28. The maximum atomic E-state index is 12.2. The molecule has 1 aliphatic rings. The first-order valence-electron chi connectivity index (χ1n) is 5.79. The van der Waals surface area contributed by atoms with Crippen molar-refractivity contribution in [1.29, 1.82) is 0 Å². The third-order valence-corrected chi connectivity index (χ3v) is 4.89. The highest BCUT2D eigenvalue weighted by Gasteiger charge is 2.37. The molecule has 0 unspecified atom stereocenters. The Morgan fingerprint density at radius 2 is 2.16 bits per heavy atom. The van der Waals surface area contributed by atoms with E-state index < -0.39 is 16.0 Å². The van der Waals surface area contributed by atoms with Crippen LogP contribution in [-0.4, -0.2) is 44.0 Å². The van der Waals surface area contributed by atoms with Crippen molar-refractivity contribution in [3.05, 3.63) is 24.3 Å². The summed E-state index contributed by atoms with van der Waals surface area (Å²) in [7, 11) is -2.07. The molecule has 6 nitrogen and oxygen atoms in total. The summed E-state index contributed by atoms with van der Waals surface area (Å²) >= 11 is 0. The van der Waals surface area contributed by atoms with E-state index >= 15 is 0 Å². The molecule has 0 spiro atoms. The summed E-state index contributed by atoms with van der Waals surface area (Å²) in [4.78, 5) is 10.7. The van der Waals surface area contributed by atoms with Crippen LogP contribution in [0.4, 0.5) is 0 Å². The number of benzene rings is 1. The van der Waals surface area contributed by atoms with Crippen molar-refractivity contribution >= 4 is 16.0 Å². The Labute approximate surface area is 111 Å². The molecular weight excluding hydrogens is 270 g/mol. The fourth-order valence-corrected chi connectivity index (χ4v) is 3.63. The first kappa shape index (κ1) is 13.8. The molecule has 1 heterocycles. The Balaban J connectivity index is 2.09. The lowest BCUT2D eigenvalue weighted by molar-refractivity contribution is -0.139. The average Bonchev–Trinajstić information content (AvgIpc) is 2.33. The van der Waals surface area contributed by atoms with Gasteiger partial charge >= 0.3 is 5.97 Å². The Kier molecular flexibility index (Phi) is 3.77. The predicted octanol–water partition coefficient (Wildman–Crippen LogP) is 0.790. The van der Waals surface area contributed by atoms with Gasteiger partial charge in [-0.1, -0.05) is 6.07 Å². The van der Waals surface area contributed by atoms with Gasteiger partial charge in [0.2, 0.25) is 10.0 Å². The van der Waals surface area contributed by atoms with E-state index in [4.69, 9.17) is 9.84 Å². The first-order valence-corrected chi connectivity index (χ1v) is 7.23. The number of carboxylic acids is 1. The predicted molar refractivity (Wildman–Crippen MR) is 67.5 cm³/mol. The molecule has 0 amide bonds. The fourth-order valence-electron chi connectivity index (χ4n) is 2.01. The number of aliphatic carboxylic acids is 1. The molecule has 1 saturated heterocycles. The van der Waals surface area contributed by atoms with Gasteiger partial charge in [-0.05, 0) is 18.1 Å². The minimum atomic E-state index is -3.54. The van der Waals surface area contributed by atoms with Gasteiger partial charge in [0.15, 0.2) is 0 Å². The summed E-state index contributed by atoms with van der Waals surface area (Å²) in [5, 5.41) is 8.64. The zero-order valence-corrected chi connectivity index (χ0v) is 11.3. The largest absolute Gasteiger partial charge is 0.497 e. The van der Waals surface area contributed by atoms with Crippen LogP contribution in [0.1, 0.15) is 6.42 Å². The van der Waals surface area contributed by atoms with Crippen LogP contribution in [0.2, 0.25) is 0 Å². The third-order valence-electron chi connectivity index (χ3n) is 3.07. The van der Waals surface area contributed by atoms with E-state index in [0.29, 0.717) is 5.75 Å². The fraction of sp³-hybridized carbons (Fsp3) is 0.417. The molecule has 19 heavy (non-hydrogen) atoms. The quantitative estimate of drug-likeness (QED) is 0.864. The van der Waals surface area contributed by atoms with Gasteiger partial charge < -0.3 is 9.84 Å². The van der Waals surface area contributed by atoms with Crippen molar-refractivity contribution in [1.82, 2.24) is 4.31 Å². The second-order valence-corrected chi connectivity index (χ2v) is 6.40. The normalized spacial score (nSPS) is 16.9. The van der Waals surface area contributed by atoms with Crippen molar-refractivity contribution in [2.75, 3.05) is 20.2 Å². The highest BCUT2D eigenvalue weighted by molar-refractivity contribution is 7.89. The lowest BCUT2D eigenvalue weighted by Gasteiger charge is -2.37. The van der Waals surface area contributed by atoms with E-state index in [9.17, 15) is 13.2 Å². The van der Waals surface area contributed by atoms with Crippen LogP contribution in [0.3, 0.4) is 0 Å². The number of methoxy groups -OCH3 is 1. The number of carboxylic acid groups (broad SMARTS) is 1. The maximum Gasteiger partial charge on any atom is 0.303 e. The highest BCUT2D eigenvalue weighted by atomic mass is 32.2. The Morgan fingerprint density at radius 1 is 1.47 bits per heavy atom. The van der Waals surface area contributed by atoms with Gasteiger partial charge in [-0.15, -0.1) is 0 Å². The molecule has 0 aromatic heterocycles. The van der Waals surface area contributed by atoms with Crippen LogP contribution < -0.4 is 4.74 Å². The van der Waals surface area contributed by atoms with Gasteiger partial charge in [0, 0.05) is 19.2 Å². The minimum absolute atomic E-state index is 0.00410. The molecule has 1 N–H and O–H groups in total. The van der Waals surface area contributed by atoms with Gasteiger partial charge in [-0.2, -0.15) is 4.31 Å². The van der Waals surface area contributed by atoms with Crippen molar-refractivity contribution < 1.29 is 23.1 Å². The average molecular weight is 285 g/mol. The minimum Gasteiger partial charge on any atom is -0.497 e. The number of nitrogens with zero attached hydrogens (tertiary/aromatic N) is 1. The van der Waals surface area contributed by atoms with Crippen LogP contribution >= 0.6 is 0 Å². The second-order valence-electron chi connectivity index (χ2n) is 4.46. The first-order chi connectivity index (χ1) is 8.93. The summed E-state index contributed by atoms with van der Waals surface area (Å²) in [5.74, 6) is -0.523. The molecule has 1 fully saturated rings. The molecule has 1 aromatic carbocycles. The lowest BCUT2D eigenvalue weighted by Crippen LogP contribution is -2.50. The van der Waals surface area contributed by atoms with Crippen LogP contribution in [-0.2, 0) is 14.8 Å². The molecule has 1 aromatic rings. The van der Waals surface area contributed by atoms with Crippen molar-refractivity contribution in [2.24, 2.45) is 5.92 Å². The van der Waals surface area contributed by atoms with Crippen molar-refractivity contribution in [3.63, 3.8) is 0 Å². The molecule has 0 atom stereocenters. The SMILES string of the molecule is COc1cccc(S(=O)(=O)N2CC(CC(=O)O)C2)c1. The van der Waals surface area contributed by atoms with Crippen LogP contribution in [0, 0.1) is 5.92 Å². The van der Waals surface area contributed by atoms with Gasteiger partial charge in [0.1, 0.15) is 5.75 Å². The number of ether oxygens (including phenoxy) is 1. The van der Waals surface area contributed by atoms with Crippen LogP contribution in [0.15, 0.2) is 29.2 Å². The third kappa shape index (κ3) is 2.87. The number of carbonyl (C=O) groups is 1. The van der Waals surface area contributed by atoms with E-state index in [1.54, 1.807) is 12.1 Å². The summed E-state index contributed by atoms with van der Waals surface area (Å²) in [6, 6.07) is 6.24. The zero-order chi connectivity index (χ0) is 14.0. The lowest BCUT2D eigenvalue weighted by atomic mass is 10.00. The summed E-state index contributed by atoms with van der Waals surface area (Å²) in [5.41, 5.74) is 0. The molecular formula is C12H15NO5S. The van der Waals surface area contributed by atoms with Gasteiger partial charge in [-0.25, -0.2) is 8.42 Å². The molecule has 0 aliphatic carbocycles. The maximum absolute atomic E-state index is 12.2. The van der Waals surface area contributed by atoms with E-state index in [-0.39, 0.29) is 30.3 Å². The second kappa shape index (κ2) is 5.18. The van der Waals surface area contributed by atoms with Gasteiger partial charge in [0.05, 0.1) is 18.4 Å². The van der Waals surface area contributed by atoms with Crippen LogP contribution in [0.25, 0.3) is 0 Å². The molecule has 7 heteroatoms. The van der Waals surface area contributed by atoms with Gasteiger partial charge in [0.25, 0.3) is 0 Å². The van der Waals surface area contributed by atoms with Crippen molar-refractivity contribution in [2.45, 2.75) is 11.3 Å². The summed E-state index contributed by atoms with van der Waals surface area (Å²) in [6.07, 6.45) is 0.00410. The number of hydrogen-bond acceptors (Lipinski definition) is 4. The van der Waals surface area contributed by atoms with Gasteiger partial charge in [-0.3, -0.25) is 4.79 Å².